The van der Waals surface area contributed by atoms with Crippen molar-refractivity contribution in [3.05, 3.63) is 161 Å². The number of amides is 3. The smallest absolute Gasteiger partial charge is 0.335 e. The maximum absolute atomic E-state index is 13.6. The fraction of sp³-hybridized carbons (Fsp3) is 0.100. The van der Waals surface area contributed by atoms with Gasteiger partial charge in [0.2, 0.25) is 5.91 Å². The van der Waals surface area contributed by atoms with Crippen LogP contribution >= 0.6 is 11.8 Å². The van der Waals surface area contributed by atoms with Gasteiger partial charge in [0, 0.05) is 21.8 Å². The standard InChI is InChI=1S/C40H35N3O6S/c1-3-49-32-20-15-27(16-21-32)24-35(43-37(44)29-12-8-5-9-13-29)38(45)41-31-18-22-33(23-19-31)50-36(28-10-6-4-7-11-28)39(46)42-34-25-30(40(47)48)17-14-26(34)2/h4-25,36H,3H2,1-2H3,(H,41,45)(H,42,46)(H,43,44)(H,47,48)/b35-24-. The molecule has 1 unspecified atom stereocenters. The highest BCUT2D eigenvalue weighted by Crippen LogP contribution is 2.37. The number of hydrogen-bond acceptors (Lipinski definition) is 6. The van der Waals surface area contributed by atoms with E-state index in [1.807, 2.05) is 37.3 Å². The van der Waals surface area contributed by atoms with Crippen molar-refractivity contribution in [2.24, 2.45) is 0 Å². The molecule has 0 aliphatic carbocycles. The molecular weight excluding hydrogens is 651 g/mol. The third-order valence-electron chi connectivity index (χ3n) is 7.48. The van der Waals surface area contributed by atoms with E-state index >= 15 is 0 Å². The molecule has 1 atom stereocenters. The zero-order chi connectivity index (χ0) is 35.5. The first-order chi connectivity index (χ1) is 24.2. The van der Waals surface area contributed by atoms with Crippen molar-refractivity contribution in [3.63, 3.8) is 0 Å². The Kier molecular flexibility index (Phi) is 11.8. The van der Waals surface area contributed by atoms with Crippen LogP contribution in [0.1, 0.15) is 49.6 Å². The van der Waals surface area contributed by atoms with Crippen LogP contribution in [-0.4, -0.2) is 35.4 Å². The summed E-state index contributed by atoms with van der Waals surface area (Å²) in [5.74, 6) is -1.67. The van der Waals surface area contributed by atoms with Gasteiger partial charge in [-0.1, -0.05) is 66.7 Å². The van der Waals surface area contributed by atoms with Crippen LogP contribution in [0.4, 0.5) is 11.4 Å². The number of rotatable bonds is 13. The summed E-state index contributed by atoms with van der Waals surface area (Å²) >= 11 is 1.31. The number of anilines is 2. The van der Waals surface area contributed by atoms with Crippen LogP contribution in [0.5, 0.6) is 5.75 Å². The molecule has 9 nitrogen and oxygen atoms in total. The topological polar surface area (TPSA) is 134 Å². The van der Waals surface area contributed by atoms with E-state index in [1.165, 1.54) is 23.9 Å². The van der Waals surface area contributed by atoms with Gasteiger partial charge in [0.25, 0.3) is 11.8 Å². The average Bonchev–Trinajstić information content (AvgIpc) is 3.13. The molecule has 252 valence electrons. The monoisotopic (exact) mass is 685 g/mol. The number of aromatic carboxylic acids is 1. The minimum atomic E-state index is -1.08. The molecule has 0 aromatic heterocycles. The zero-order valence-corrected chi connectivity index (χ0v) is 28.2. The first-order valence-corrected chi connectivity index (χ1v) is 16.7. The van der Waals surface area contributed by atoms with Crippen molar-refractivity contribution in [3.8, 4) is 5.75 Å². The Morgan fingerprint density at radius 3 is 2.08 bits per heavy atom. The van der Waals surface area contributed by atoms with Crippen LogP contribution in [0.3, 0.4) is 0 Å². The van der Waals surface area contributed by atoms with Gasteiger partial charge in [-0.05, 0) is 97.3 Å². The van der Waals surface area contributed by atoms with Gasteiger partial charge >= 0.3 is 5.97 Å². The molecule has 0 aliphatic heterocycles. The number of thioether (sulfide) groups is 1. The van der Waals surface area contributed by atoms with E-state index in [-0.39, 0.29) is 17.2 Å². The van der Waals surface area contributed by atoms with Crippen molar-refractivity contribution in [1.29, 1.82) is 0 Å². The highest BCUT2D eigenvalue weighted by Gasteiger charge is 2.23. The molecule has 5 aromatic rings. The number of hydrogen-bond donors (Lipinski definition) is 4. The molecular formula is C40H35N3O6S. The number of carbonyl (C=O) groups is 4. The van der Waals surface area contributed by atoms with Crippen LogP contribution in [0, 0.1) is 6.92 Å². The van der Waals surface area contributed by atoms with E-state index in [0.29, 0.717) is 34.9 Å². The lowest BCUT2D eigenvalue weighted by Gasteiger charge is -2.18. The molecule has 50 heavy (non-hydrogen) atoms. The van der Waals surface area contributed by atoms with Gasteiger partial charge < -0.3 is 25.8 Å². The predicted octanol–water partition coefficient (Wildman–Crippen LogP) is 7.97. The quantitative estimate of drug-likeness (QED) is 0.0730. The van der Waals surface area contributed by atoms with Gasteiger partial charge in [-0.25, -0.2) is 4.79 Å². The molecule has 0 fully saturated rings. The van der Waals surface area contributed by atoms with Crippen molar-refractivity contribution in [2.75, 3.05) is 17.2 Å². The van der Waals surface area contributed by atoms with Crippen LogP contribution in [0.2, 0.25) is 0 Å². The molecule has 3 amide bonds. The van der Waals surface area contributed by atoms with Crippen molar-refractivity contribution in [2.45, 2.75) is 24.0 Å². The van der Waals surface area contributed by atoms with Gasteiger partial charge in [-0.3, -0.25) is 14.4 Å². The Morgan fingerprint density at radius 2 is 1.44 bits per heavy atom. The molecule has 0 bridgehead atoms. The van der Waals surface area contributed by atoms with Crippen LogP contribution < -0.4 is 20.7 Å². The number of nitrogens with one attached hydrogen (secondary N) is 3. The van der Waals surface area contributed by atoms with E-state index in [2.05, 4.69) is 16.0 Å². The second-order valence-corrected chi connectivity index (χ2v) is 12.3. The molecule has 0 aliphatic rings. The fourth-order valence-corrected chi connectivity index (χ4v) is 5.90. The summed E-state index contributed by atoms with van der Waals surface area (Å²) in [5.41, 5.74) is 3.61. The fourth-order valence-electron chi connectivity index (χ4n) is 4.88. The largest absolute Gasteiger partial charge is 0.494 e. The lowest BCUT2D eigenvalue weighted by atomic mass is 10.1. The number of carbonyl (C=O) groups excluding carboxylic acids is 3. The number of benzene rings is 5. The molecule has 10 heteroatoms. The average molecular weight is 686 g/mol. The Morgan fingerprint density at radius 1 is 0.780 bits per heavy atom. The molecule has 5 rings (SSSR count). The summed E-state index contributed by atoms with van der Waals surface area (Å²) in [5, 5.41) is 17.3. The third kappa shape index (κ3) is 9.48. The molecule has 0 spiro atoms. The lowest BCUT2D eigenvalue weighted by molar-refractivity contribution is -0.116. The molecule has 4 N–H and O–H groups in total. The van der Waals surface area contributed by atoms with E-state index in [4.69, 9.17) is 4.74 Å². The van der Waals surface area contributed by atoms with Crippen molar-refractivity contribution >= 4 is 52.9 Å². The minimum absolute atomic E-state index is 0.0459. The maximum atomic E-state index is 13.6. The third-order valence-corrected chi connectivity index (χ3v) is 8.75. The maximum Gasteiger partial charge on any atom is 0.335 e. The highest BCUT2D eigenvalue weighted by atomic mass is 32.2. The highest BCUT2D eigenvalue weighted by molar-refractivity contribution is 8.00. The second kappa shape index (κ2) is 16.8. The Bertz CT molecular complexity index is 2000. The van der Waals surface area contributed by atoms with Gasteiger partial charge in [0.1, 0.15) is 16.7 Å². The summed E-state index contributed by atoms with van der Waals surface area (Å²) in [7, 11) is 0. The van der Waals surface area contributed by atoms with Gasteiger partial charge in [0.05, 0.1) is 12.2 Å². The molecule has 0 saturated carbocycles. The number of ether oxygens (including phenoxy) is 1. The molecule has 0 radical (unpaired) electrons. The van der Waals surface area contributed by atoms with E-state index in [9.17, 15) is 24.3 Å². The normalized spacial score (nSPS) is 11.6. The Hall–Kier alpha value is -6.13. The first-order valence-electron chi connectivity index (χ1n) is 15.8. The Balaban J connectivity index is 1.34. The van der Waals surface area contributed by atoms with Gasteiger partial charge in [0.15, 0.2) is 0 Å². The van der Waals surface area contributed by atoms with Gasteiger partial charge in [-0.2, -0.15) is 0 Å². The number of carboxylic acid groups (broad SMARTS) is 1. The summed E-state index contributed by atoms with van der Waals surface area (Å²) in [4.78, 5) is 52.5. The van der Waals surface area contributed by atoms with Crippen LogP contribution in [0.25, 0.3) is 6.08 Å². The minimum Gasteiger partial charge on any atom is -0.494 e. The van der Waals surface area contributed by atoms with E-state index in [1.54, 1.807) is 97.9 Å². The molecule has 0 heterocycles. The van der Waals surface area contributed by atoms with Crippen molar-refractivity contribution in [1.82, 2.24) is 5.32 Å². The SMILES string of the molecule is CCOc1ccc(/C=C(\NC(=O)c2ccccc2)C(=O)Nc2ccc(SC(C(=O)Nc3cc(C(=O)O)ccc3C)c3ccccc3)cc2)cc1. The summed E-state index contributed by atoms with van der Waals surface area (Å²) in [6.45, 7) is 4.21. The van der Waals surface area contributed by atoms with Crippen molar-refractivity contribution < 1.29 is 29.0 Å². The predicted molar refractivity (Wildman–Crippen MR) is 196 cm³/mol. The van der Waals surface area contributed by atoms with Crippen LogP contribution in [-0.2, 0) is 9.59 Å². The molecule has 0 saturated heterocycles. The number of carboxylic acids is 1. The zero-order valence-electron chi connectivity index (χ0n) is 27.4. The first kappa shape index (κ1) is 35.2. The summed E-state index contributed by atoms with van der Waals surface area (Å²) in [6, 6.07) is 36.7. The number of aryl methyl sites for hydroxylation is 1. The summed E-state index contributed by atoms with van der Waals surface area (Å²) in [6.07, 6.45) is 1.59. The summed E-state index contributed by atoms with van der Waals surface area (Å²) < 4.78 is 5.52. The van der Waals surface area contributed by atoms with E-state index in [0.717, 1.165) is 16.0 Å². The lowest BCUT2D eigenvalue weighted by Crippen LogP contribution is -2.30. The van der Waals surface area contributed by atoms with Gasteiger partial charge in [-0.15, -0.1) is 11.8 Å². The Labute approximate surface area is 294 Å². The van der Waals surface area contributed by atoms with E-state index < -0.39 is 23.0 Å². The molecule has 5 aromatic carbocycles. The second-order valence-electron chi connectivity index (χ2n) is 11.1. The van der Waals surface area contributed by atoms with Crippen LogP contribution in [0.15, 0.2) is 138 Å².